The van der Waals surface area contributed by atoms with E-state index in [9.17, 15) is 4.79 Å². The molecule has 0 radical (unpaired) electrons. The van der Waals surface area contributed by atoms with Gasteiger partial charge in [-0.25, -0.2) is 9.97 Å². The second kappa shape index (κ2) is 7.08. The van der Waals surface area contributed by atoms with Crippen molar-refractivity contribution >= 4 is 23.5 Å². The number of nitrogen functional groups attached to an aromatic ring is 1. The van der Waals surface area contributed by atoms with E-state index in [0.29, 0.717) is 11.0 Å². The van der Waals surface area contributed by atoms with E-state index < -0.39 is 0 Å². The van der Waals surface area contributed by atoms with Crippen LogP contribution in [0.1, 0.15) is 24.2 Å². The summed E-state index contributed by atoms with van der Waals surface area (Å²) in [4.78, 5) is 20.3. The average molecular weight is 302 g/mol. The lowest BCUT2D eigenvalue weighted by molar-refractivity contribution is -0.119. The molecule has 1 aromatic heterocycles. The van der Waals surface area contributed by atoms with E-state index in [2.05, 4.69) is 15.3 Å². The molecule has 2 aromatic rings. The molecule has 1 amide bonds. The summed E-state index contributed by atoms with van der Waals surface area (Å²) in [7, 11) is 0. The molecule has 1 atom stereocenters. The fourth-order valence-corrected chi connectivity index (χ4v) is 2.59. The topological polar surface area (TPSA) is 80.9 Å². The number of nitrogens with one attached hydrogen (secondary N) is 1. The molecule has 3 N–H and O–H groups in total. The smallest absolute Gasteiger partial charge is 0.230 e. The van der Waals surface area contributed by atoms with E-state index in [4.69, 9.17) is 5.73 Å². The molecule has 0 unspecified atom stereocenters. The highest BCUT2D eigenvalue weighted by Crippen LogP contribution is 2.16. The number of anilines is 1. The van der Waals surface area contributed by atoms with Crippen LogP contribution in [0.3, 0.4) is 0 Å². The number of hydrogen-bond acceptors (Lipinski definition) is 5. The van der Waals surface area contributed by atoms with Crippen molar-refractivity contribution in [3.05, 3.63) is 47.7 Å². The Kier molecular flexibility index (Phi) is 5.16. The number of hydrogen-bond donors (Lipinski definition) is 2. The first-order valence-electron chi connectivity index (χ1n) is 6.63. The van der Waals surface area contributed by atoms with Crippen molar-refractivity contribution in [2.24, 2.45) is 0 Å². The maximum Gasteiger partial charge on any atom is 0.230 e. The minimum absolute atomic E-state index is 0.0252. The van der Waals surface area contributed by atoms with Gasteiger partial charge < -0.3 is 11.1 Å². The van der Waals surface area contributed by atoms with Crippen molar-refractivity contribution in [2.75, 3.05) is 11.5 Å². The fourth-order valence-electron chi connectivity index (χ4n) is 1.87. The van der Waals surface area contributed by atoms with Crippen LogP contribution in [0, 0.1) is 6.92 Å². The van der Waals surface area contributed by atoms with Crippen molar-refractivity contribution in [3.63, 3.8) is 0 Å². The molecule has 6 heteroatoms. The summed E-state index contributed by atoms with van der Waals surface area (Å²) in [5.41, 5.74) is 7.53. The van der Waals surface area contributed by atoms with Crippen LogP contribution in [-0.4, -0.2) is 21.6 Å². The van der Waals surface area contributed by atoms with Gasteiger partial charge in [0.05, 0.1) is 11.8 Å². The van der Waals surface area contributed by atoms with Gasteiger partial charge in [0.25, 0.3) is 0 Å². The normalized spacial score (nSPS) is 11.9. The van der Waals surface area contributed by atoms with Gasteiger partial charge in [0.1, 0.15) is 5.82 Å². The lowest BCUT2D eigenvalue weighted by Crippen LogP contribution is -2.28. The number of carbonyl (C=O) groups is 1. The van der Waals surface area contributed by atoms with Gasteiger partial charge in [0.15, 0.2) is 5.16 Å². The Morgan fingerprint density at radius 1 is 1.33 bits per heavy atom. The summed E-state index contributed by atoms with van der Waals surface area (Å²) in [6.07, 6.45) is 0. The number of rotatable bonds is 5. The van der Waals surface area contributed by atoms with Gasteiger partial charge in [0, 0.05) is 11.8 Å². The van der Waals surface area contributed by atoms with E-state index in [1.807, 2.05) is 44.2 Å². The second-order valence-corrected chi connectivity index (χ2v) is 5.65. The predicted molar refractivity (Wildman–Crippen MR) is 84.9 cm³/mol. The van der Waals surface area contributed by atoms with Crippen LogP contribution >= 0.6 is 11.8 Å². The standard InChI is InChI=1S/C15H18N4OS/c1-10-8-13(16)19-15(17-10)21-9-14(20)18-11(2)12-6-4-3-5-7-12/h3-8,11H,9H2,1-2H3,(H,18,20)(H2,16,17,19)/t11-/m0/s1. The van der Waals surface area contributed by atoms with Crippen molar-refractivity contribution in [2.45, 2.75) is 25.0 Å². The maximum absolute atomic E-state index is 12.0. The number of aryl methyl sites for hydroxylation is 1. The first kappa shape index (κ1) is 15.3. The van der Waals surface area contributed by atoms with Crippen LogP contribution < -0.4 is 11.1 Å². The highest BCUT2D eigenvalue weighted by atomic mass is 32.2. The average Bonchev–Trinajstić information content (AvgIpc) is 2.45. The molecule has 1 heterocycles. The summed E-state index contributed by atoms with van der Waals surface area (Å²) in [6.45, 7) is 3.80. The number of thioether (sulfide) groups is 1. The Labute approximate surface area is 128 Å². The highest BCUT2D eigenvalue weighted by molar-refractivity contribution is 7.99. The van der Waals surface area contributed by atoms with Crippen LogP contribution in [0.15, 0.2) is 41.6 Å². The Morgan fingerprint density at radius 3 is 2.71 bits per heavy atom. The van der Waals surface area contributed by atoms with E-state index in [0.717, 1.165) is 11.3 Å². The molecule has 0 fully saturated rings. The Morgan fingerprint density at radius 2 is 2.05 bits per heavy atom. The molecule has 1 aromatic carbocycles. The van der Waals surface area contributed by atoms with Crippen molar-refractivity contribution in [3.8, 4) is 0 Å². The molecule has 0 saturated carbocycles. The zero-order valence-corrected chi connectivity index (χ0v) is 12.9. The van der Waals surface area contributed by atoms with E-state index in [1.54, 1.807) is 6.07 Å². The molecular weight excluding hydrogens is 284 g/mol. The molecule has 2 rings (SSSR count). The van der Waals surface area contributed by atoms with Crippen molar-refractivity contribution < 1.29 is 4.79 Å². The highest BCUT2D eigenvalue weighted by Gasteiger charge is 2.10. The third kappa shape index (κ3) is 4.75. The van der Waals surface area contributed by atoms with Gasteiger partial charge in [-0.3, -0.25) is 4.79 Å². The van der Waals surface area contributed by atoms with Crippen LogP contribution in [-0.2, 0) is 4.79 Å². The van der Waals surface area contributed by atoms with Crippen LogP contribution in [0.4, 0.5) is 5.82 Å². The van der Waals surface area contributed by atoms with Crippen molar-refractivity contribution in [1.82, 2.24) is 15.3 Å². The number of amides is 1. The predicted octanol–water partition coefficient (Wildman–Crippen LogP) is 2.34. The number of nitrogens with two attached hydrogens (primary N) is 1. The van der Waals surface area contributed by atoms with Crippen LogP contribution in [0.25, 0.3) is 0 Å². The molecule has 0 aliphatic rings. The van der Waals surface area contributed by atoms with Gasteiger partial charge >= 0.3 is 0 Å². The largest absolute Gasteiger partial charge is 0.384 e. The zero-order valence-electron chi connectivity index (χ0n) is 12.0. The van der Waals surface area contributed by atoms with Gasteiger partial charge in [-0.1, -0.05) is 42.1 Å². The van der Waals surface area contributed by atoms with E-state index >= 15 is 0 Å². The first-order valence-corrected chi connectivity index (χ1v) is 7.61. The summed E-state index contributed by atoms with van der Waals surface area (Å²) >= 11 is 1.28. The van der Waals surface area contributed by atoms with Crippen LogP contribution in [0.5, 0.6) is 0 Å². The lowest BCUT2D eigenvalue weighted by atomic mass is 10.1. The maximum atomic E-state index is 12.0. The minimum Gasteiger partial charge on any atom is -0.384 e. The minimum atomic E-state index is -0.0555. The van der Waals surface area contributed by atoms with Gasteiger partial charge in [-0.15, -0.1) is 0 Å². The molecule has 5 nitrogen and oxygen atoms in total. The molecule has 0 bridgehead atoms. The molecule has 0 saturated heterocycles. The number of aromatic nitrogens is 2. The lowest BCUT2D eigenvalue weighted by Gasteiger charge is -2.13. The second-order valence-electron chi connectivity index (χ2n) is 4.71. The Hall–Kier alpha value is -2.08. The Balaban J connectivity index is 1.87. The van der Waals surface area contributed by atoms with Crippen molar-refractivity contribution in [1.29, 1.82) is 0 Å². The van der Waals surface area contributed by atoms with Crippen LogP contribution in [0.2, 0.25) is 0 Å². The molecular formula is C15H18N4OS. The Bertz CT molecular complexity index is 598. The monoisotopic (exact) mass is 302 g/mol. The number of nitrogens with zero attached hydrogens (tertiary/aromatic N) is 2. The summed E-state index contributed by atoms with van der Waals surface area (Å²) in [5, 5.41) is 3.47. The number of benzene rings is 1. The SMILES string of the molecule is Cc1cc(N)nc(SCC(=O)N[C@@H](C)c2ccccc2)n1. The van der Waals surface area contributed by atoms with Gasteiger partial charge in [-0.05, 0) is 19.4 Å². The molecule has 0 spiro atoms. The summed E-state index contributed by atoms with van der Waals surface area (Å²) in [6, 6.07) is 11.5. The molecule has 0 aliphatic heterocycles. The van der Waals surface area contributed by atoms with E-state index in [1.165, 1.54) is 11.8 Å². The van der Waals surface area contributed by atoms with E-state index in [-0.39, 0.29) is 17.7 Å². The number of carbonyl (C=O) groups excluding carboxylic acids is 1. The summed E-state index contributed by atoms with van der Waals surface area (Å²) in [5.74, 6) is 0.628. The molecule has 0 aliphatic carbocycles. The molecule has 110 valence electrons. The molecule has 21 heavy (non-hydrogen) atoms. The summed E-state index contributed by atoms with van der Waals surface area (Å²) < 4.78 is 0. The van der Waals surface area contributed by atoms with Gasteiger partial charge in [-0.2, -0.15) is 0 Å². The third-order valence-electron chi connectivity index (χ3n) is 2.86. The fraction of sp³-hybridized carbons (Fsp3) is 0.267. The van der Waals surface area contributed by atoms with Gasteiger partial charge in [0.2, 0.25) is 5.91 Å². The third-order valence-corrected chi connectivity index (χ3v) is 3.71. The zero-order chi connectivity index (χ0) is 15.2. The quantitative estimate of drug-likeness (QED) is 0.654. The first-order chi connectivity index (χ1) is 10.0.